The van der Waals surface area contributed by atoms with Crippen molar-refractivity contribution < 1.29 is 17.9 Å². The molecule has 0 amide bonds. The molecule has 0 radical (unpaired) electrons. The molecule has 0 bridgehead atoms. The fourth-order valence-electron chi connectivity index (χ4n) is 1.72. The van der Waals surface area contributed by atoms with Crippen molar-refractivity contribution in [1.29, 1.82) is 0 Å². The van der Waals surface area contributed by atoms with Crippen molar-refractivity contribution in [2.75, 3.05) is 18.1 Å². The summed E-state index contributed by atoms with van der Waals surface area (Å²) in [5, 5.41) is 2.93. The monoisotopic (exact) mass is 249 g/mol. The molecular weight excluding hydrogens is 230 g/mol. The van der Waals surface area contributed by atoms with Gasteiger partial charge in [-0.25, -0.2) is 8.42 Å². The summed E-state index contributed by atoms with van der Waals surface area (Å²) in [6.45, 7) is 3.64. The highest BCUT2D eigenvalue weighted by atomic mass is 32.2. The van der Waals surface area contributed by atoms with E-state index in [1.807, 2.05) is 0 Å². The third-order valence-corrected chi connectivity index (χ3v) is 4.19. The van der Waals surface area contributed by atoms with Crippen molar-refractivity contribution in [2.45, 2.75) is 38.8 Å². The fourth-order valence-corrected chi connectivity index (χ4v) is 3.39. The largest absolute Gasteiger partial charge is 0.462 e. The van der Waals surface area contributed by atoms with E-state index < -0.39 is 9.84 Å². The van der Waals surface area contributed by atoms with Crippen molar-refractivity contribution in [1.82, 2.24) is 5.32 Å². The number of sulfone groups is 1. The highest BCUT2D eigenvalue weighted by Crippen LogP contribution is 2.11. The van der Waals surface area contributed by atoms with Crippen LogP contribution < -0.4 is 5.32 Å². The van der Waals surface area contributed by atoms with Crippen LogP contribution in [-0.4, -0.2) is 44.6 Å². The lowest BCUT2D eigenvalue weighted by Crippen LogP contribution is -2.42. The predicted molar refractivity (Wildman–Crippen MR) is 60.9 cm³/mol. The van der Waals surface area contributed by atoms with Crippen molar-refractivity contribution >= 4 is 15.8 Å². The van der Waals surface area contributed by atoms with Crippen LogP contribution in [0.2, 0.25) is 0 Å². The van der Waals surface area contributed by atoms with Gasteiger partial charge in [0.15, 0.2) is 9.84 Å². The molecule has 5 nitrogen and oxygen atoms in total. The molecule has 0 aromatic heterocycles. The average Bonchev–Trinajstić information content (AvgIpc) is 2.12. The first-order chi connectivity index (χ1) is 7.39. The molecule has 6 heteroatoms. The minimum absolute atomic E-state index is 0.0817. The van der Waals surface area contributed by atoms with E-state index in [0.29, 0.717) is 6.42 Å². The second kappa shape index (κ2) is 5.63. The van der Waals surface area contributed by atoms with Gasteiger partial charge in [0.1, 0.15) is 0 Å². The molecule has 1 fully saturated rings. The van der Waals surface area contributed by atoms with Gasteiger partial charge in [-0.05, 0) is 26.7 Å². The van der Waals surface area contributed by atoms with Gasteiger partial charge in [-0.2, -0.15) is 0 Å². The van der Waals surface area contributed by atoms with Crippen LogP contribution in [0, 0.1) is 0 Å². The van der Waals surface area contributed by atoms with Crippen molar-refractivity contribution in [3.05, 3.63) is 0 Å². The van der Waals surface area contributed by atoms with Crippen LogP contribution in [0.15, 0.2) is 0 Å². The Bertz CT molecular complexity index is 337. The summed E-state index contributed by atoms with van der Waals surface area (Å²) >= 11 is 0. The van der Waals surface area contributed by atoms with Crippen LogP contribution in [0.3, 0.4) is 0 Å². The lowest BCUT2D eigenvalue weighted by atomic mass is 10.2. The summed E-state index contributed by atoms with van der Waals surface area (Å²) in [6.07, 6.45) is 1.33. The molecule has 0 spiro atoms. The number of carbonyl (C=O) groups excluding carboxylic acids is 1. The van der Waals surface area contributed by atoms with E-state index in [4.69, 9.17) is 4.74 Å². The number of carbonyl (C=O) groups is 1. The summed E-state index contributed by atoms with van der Waals surface area (Å²) in [4.78, 5) is 11.2. The maximum Gasteiger partial charge on any atom is 0.320 e. The molecule has 1 atom stereocenters. The SMILES string of the molecule is CC(C)OC(=O)CNC1CCCS(=O)(=O)C1. The van der Waals surface area contributed by atoms with Crippen molar-refractivity contribution in [3.63, 3.8) is 0 Å². The van der Waals surface area contributed by atoms with Gasteiger partial charge in [-0.1, -0.05) is 0 Å². The molecule has 1 N–H and O–H groups in total. The summed E-state index contributed by atoms with van der Waals surface area (Å²) < 4.78 is 27.6. The number of hydrogen-bond donors (Lipinski definition) is 1. The van der Waals surface area contributed by atoms with Gasteiger partial charge in [-0.15, -0.1) is 0 Å². The minimum atomic E-state index is -2.92. The van der Waals surface area contributed by atoms with Crippen LogP contribution in [0.25, 0.3) is 0 Å². The molecule has 0 aliphatic carbocycles. The Kier molecular flexibility index (Phi) is 4.73. The molecule has 1 aliphatic heterocycles. The molecule has 94 valence electrons. The molecule has 0 aromatic carbocycles. The fraction of sp³-hybridized carbons (Fsp3) is 0.900. The first kappa shape index (κ1) is 13.4. The second-order valence-electron chi connectivity index (χ2n) is 4.37. The summed E-state index contributed by atoms with van der Waals surface area (Å²) in [5.74, 6) is 0.0572. The Labute approximate surface area is 96.5 Å². The van der Waals surface area contributed by atoms with Crippen molar-refractivity contribution in [2.24, 2.45) is 0 Å². The zero-order chi connectivity index (χ0) is 12.2. The topological polar surface area (TPSA) is 72.5 Å². The Morgan fingerprint density at radius 3 is 2.75 bits per heavy atom. The highest BCUT2D eigenvalue weighted by molar-refractivity contribution is 7.91. The van der Waals surface area contributed by atoms with Gasteiger partial charge >= 0.3 is 5.97 Å². The third kappa shape index (κ3) is 4.94. The van der Waals surface area contributed by atoms with Crippen molar-refractivity contribution in [3.8, 4) is 0 Å². The van der Waals surface area contributed by atoms with E-state index in [1.165, 1.54) is 0 Å². The number of rotatable bonds is 4. The Morgan fingerprint density at radius 1 is 1.50 bits per heavy atom. The molecule has 0 saturated carbocycles. The van der Waals surface area contributed by atoms with Gasteiger partial charge in [0.05, 0.1) is 24.2 Å². The molecule has 1 saturated heterocycles. The molecule has 1 aliphatic rings. The Hall–Kier alpha value is -0.620. The van der Waals surface area contributed by atoms with E-state index in [0.717, 1.165) is 6.42 Å². The molecule has 0 aromatic rings. The van der Waals surface area contributed by atoms with Gasteiger partial charge < -0.3 is 10.1 Å². The van der Waals surface area contributed by atoms with Crippen LogP contribution in [-0.2, 0) is 19.4 Å². The van der Waals surface area contributed by atoms with Crippen LogP contribution in [0.4, 0.5) is 0 Å². The number of ether oxygens (including phenoxy) is 1. The number of nitrogens with one attached hydrogen (secondary N) is 1. The quantitative estimate of drug-likeness (QED) is 0.716. The Balaban J connectivity index is 2.30. The van der Waals surface area contributed by atoms with Crippen LogP contribution in [0.1, 0.15) is 26.7 Å². The summed E-state index contributed by atoms with van der Waals surface area (Å²) in [6, 6.07) is -0.113. The smallest absolute Gasteiger partial charge is 0.320 e. The van der Waals surface area contributed by atoms with Gasteiger partial charge in [0, 0.05) is 6.04 Å². The number of esters is 1. The zero-order valence-electron chi connectivity index (χ0n) is 9.73. The summed E-state index contributed by atoms with van der Waals surface area (Å²) in [5.41, 5.74) is 0. The molecule has 16 heavy (non-hydrogen) atoms. The maximum atomic E-state index is 11.3. The molecule has 1 unspecified atom stereocenters. The molecular formula is C10H19NO4S. The van der Waals surface area contributed by atoms with E-state index in [1.54, 1.807) is 13.8 Å². The average molecular weight is 249 g/mol. The minimum Gasteiger partial charge on any atom is -0.462 e. The highest BCUT2D eigenvalue weighted by Gasteiger charge is 2.24. The first-order valence-corrected chi connectivity index (χ1v) is 7.34. The van der Waals surface area contributed by atoms with E-state index >= 15 is 0 Å². The predicted octanol–water partition coefficient (Wildman–Crippen LogP) is 0.105. The lowest BCUT2D eigenvalue weighted by molar-refractivity contribution is -0.146. The van der Waals surface area contributed by atoms with Gasteiger partial charge in [0.25, 0.3) is 0 Å². The maximum absolute atomic E-state index is 11.3. The third-order valence-electron chi connectivity index (χ3n) is 2.37. The number of hydrogen-bond acceptors (Lipinski definition) is 5. The van der Waals surface area contributed by atoms with Crippen LogP contribution in [0.5, 0.6) is 0 Å². The zero-order valence-corrected chi connectivity index (χ0v) is 10.5. The van der Waals surface area contributed by atoms with E-state index in [2.05, 4.69) is 5.32 Å². The molecule has 1 heterocycles. The normalized spacial score (nSPS) is 24.3. The standard InChI is InChI=1S/C10H19NO4S/c1-8(2)15-10(12)6-11-9-4-3-5-16(13,14)7-9/h8-9,11H,3-7H2,1-2H3. The second-order valence-corrected chi connectivity index (χ2v) is 6.60. The van der Waals surface area contributed by atoms with Crippen LogP contribution >= 0.6 is 0 Å². The lowest BCUT2D eigenvalue weighted by Gasteiger charge is -2.22. The molecule has 1 rings (SSSR count). The van der Waals surface area contributed by atoms with E-state index in [9.17, 15) is 13.2 Å². The summed E-state index contributed by atoms with van der Waals surface area (Å²) in [7, 11) is -2.92. The first-order valence-electron chi connectivity index (χ1n) is 5.52. The van der Waals surface area contributed by atoms with E-state index in [-0.39, 0.29) is 36.2 Å². The van der Waals surface area contributed by atoms with Gasteiger partial charge in [0.2, 0.25) is 0 Å². The van der Waals surface area contributed by atoms with Gasteiger partial charge in [-0.3, -0.25) is 4.79 Å². The Morgan fingerprint density at radius 2 is 2.19 bits per heavy atom.